The number of carbonyl (C=O) groups is 2. The van der Waals surface area contributed by atoms with Crippen LogP contribution in [0.1, 0.15) is 46.5 Å². The van der Waals surface area contributed by atoms with Crippen LogP contribution in [0.25, 0.3) is 0 Å². The Labute approximate surface area is 183 Å². The molecule has 2 aromatic rings. The average Bonchev–Trinajstić information content (AvgIpc) is 2.67. The highest BCUT2D eigenvalue weighted by atomic mass is 32.2. The molecular weight excluding hydrogens is 414 g/mol. The first-order valence-electron chi connectivity index (χ1n) is 10.3. The second-order valence-corrected chi connectivity index (χ2v) is 10.3. The summed E-state index contributed by atoms with van der Waals surface area (Å²) in [4.78, 5) is 27.9. The summed E-state index contributed by atoms with van der Waals surface area (Å²) in [5.41, 5.74) is 2.21. The number of benzene rings is 2. The van der Waals surface area contributed by atoms with Gasteiger partial charge in [-0.05, 0) is 55.0 Å². The molecular formula is C23H29N3O4S. The number of sulfonamides is 1. The number of aryl methyl sites for hydroxylation is 1. The van der Waals surface area contributed by atoms with Crippen LogP contribution in [0.4, 0.5) is 11.4 Å². The fraction of sp³-hybridized carbons (Fsp3) is 0.391. The zero-order valence-corrected chi connectivity index (χ0v) is 19.1. The van der Waals surface area contributed by atoms with Crippen molar-refractivity contribution in [2.24, 2.45) is 11.8 Å². The summed E-state index contributed by atoms with van der Waals surface area (Å²) in [5.74, 6) is 0.348. The zero-order chi connectivity index (χ0) is 22.8. The number of likely N-dealkylation sites (tertiary alicyclic amines) is 1. The molecule has 2 aromatic carbocycles. The van der Waals surface area contributed by atoms with Gasteiger partial charge >= 0.3 is 0 Å². The number of carbonyl (C=O) groups excluding carboxylic acids is 2. The quantitative estimate of drug-likeness (QED) is 0.736. The summed E-state index contributed by atoms with van der Waals surface area (Å²) in [5, 5.41) is 2.82. The minimum Gasteiger partial charge on any atom is -0.338 e. The Morgan fingerprint density at radius 2 is 1.65 bits per heavy atom. The van der Waals surface area contributed by atoms with Gasteiger partial charge in [-0.3, -0.25) is 14.3 Å². The lowest BCUT2D eigenvalue weighted by Gasteiger charge is -2.35. The highest BCUT2D eigenvalue weighted by Gasteiger charge is 2.27. The Balaban J connectivity index is 1.83. The molecule has 2 unspecified atom stereocenters. The van der Waals surface area contributed by atoms with Crippen LogP contribution in [0.2, 0.25) is 0 Å². The van der Waals surface area contributed by atoms with Crippen molar-refractivity contribution in [3.8, 4) is 0 Å². The summed E-state index contributed by atoms with van der Waals surface area (Å²) in [6.07, 6.45) is 2.16. The molecule has 3 rings (SSSR count). The third-order valence-corrected chi connectivity index (χ3v) is 5.95. The normalized spacial score (nSPS) is 19.0. The van der Waals surface area contributed by atoms with Crippen molar-refractivity contribution in [3.05, 3.63) is 59.2 Å². The van der Waals surface area contributed by atoms with E-state index in [2.05, 4.69) is 23.9 Å². The molecule has 1 aliphatic heterocycles. The predicted molar refractivity (Wildman–Crippen MR) is 123 cm³/mol. The molecule has 0 saturated carbocycles. The minimum atomic E-state index is -3.47. The van der Waals surface area contributed by atoms with Crippen molar-refractivity contribution < 1.29 is 18.0 Å². The lowest BCUT2D eigenvalue weighted by Crippen LogP contribution is -2.42. The Kier molecular flexibility index (Phi) is 6.69. The predicted octanol–water partition coefficient (Wildman–Crippen LogP) is 3.74. The smallest absolute Gasteiger partial charge is 0.255 e. The van der Waals surface area contributed by atoms with E-state index in [1.807, 2.05) is 4.90 Å². The molecule has 0 radical (unpaired) electrons. The summed E-state index contributed by atoms with van der Waals surface area (Å²) in [6.45, 7) is 7.43. The maximum Gasteiger partial charge on any atom is 0.255 e. The largest absolute Gasteiger partial charge is 0.338 e. The van der Waals surface area contributed by atoms with E-state index in [1.165, 1.54) is 6.07 Å². The van der Waals surface area contributed by atoms with Crippen LogP contribution >= 0.6 is 0 Å². The molecule has 1 aliphatic rings. The first-order valence-corrected chi connectivity index (χ1v) is 12.2. The van der Waals surface area contributed by atoms with E-state index in [-0.39, 0.29) is 5.91 Å². The molecule has 166 valence electrons. The van der Waals surface area contributed by atoms with E-state index in [4.69, 9.17) is 0 Å². The molecule has 1 fully saturated rings. The number of para-hydroxylation sites is 1. The maximum absolute atomic E-state index is 13.2. The van der Waals surface area contributed by atoms with Gasteiger partial charge < -0.3 is 10.2 Å². The van der Waals surface area contributed by atoms with Gasteiger partial charge in [0.15, 0.2) is 0 Å². The van der Waals surface area contributed by atoms with E-state index in [9.17, 15) is 18.0 Å². The number of anilines is 2. The third-order valence-electron chi connectivity index (χ3n) is 5.36. The van der Waals surface area contributed by atoms with Crippen molar-refractivity contribution in [1.82, 2.24) is 4.90 Å². The van der Waals surface area contributed by atoms with E-state index in [0.717, 1.165) is 12.7 Å². The van der Waals surface area contributed by atoms with Gasteiger partial charge in [0.05, 0.1) is 23.2 Å². The number of hydrogen-bond donors (Lipinski definition) is 2. The van der Waals surface area contributed by atoms with Gasteiger partial charge in [0, 0.05) is 18.7 Å². The van der Waals surface area contributed by atoms with Gasteiger partial charge in [-0.25, -0.2) is 8.42 Å². The lowest BCUT2D eigenvalue weighted by atomic mass is 9.91. The van der Waals surface area contributed by atoms with Crippen molar-refractivity contribution in [1.29, 1.82) is 0 Å². The molecule has 8 heteroatoms. The van der Waals surface area contributed by atoms with Gasteiger partial charge in [0.2, 0.25) is 10.0 Å². The molecule has 2 amide bonds. The number of amides is 2. The van der Waals surface area contributed by atoms with Crippen molar-refractivity contribution in [2.75, 3.05) is 29.4 Å². The Bertz CT molecular complexity index is 1090. The number of nitrogens with zero attached hydrogens (tertiary/aromatic N) is 1. The standard InChI is InChI=1S/C23H29N3O4S/c1-15-11-16(2)14-26(13-15)23(28)19-7-5-6-8-20(19)24-22(27)18-10-9-17(3)21(12-18)25-31(4,29)30/h5-10,12,15-16,25H,11,13-14H2,1-4H3,(H,24,27). The first kappa shape index (κ1) is 22.8. The maximum atomic E-state index is 13.2. The summed E-state index contributed by atoms with van der Waals surface area (Å²) in [7, 11) is -3.47. The minimum absolute atomic E-state index is 0.0994. The monoisotopic (exact) mass is 443 g/mol. The van der Waals surface area contributed by atoms with E-state index >= 15 is 0 Å². The van der Waals surface area contributed by atoms with Crippen LogP contribution in [0.3, 0.4) is 0 Å². The molecule has 0 aliphatic carbocycles. The van der Waals surface area contributed by atoms with E-state index in [1.54, 1.807) is 43.3 Å². The number of hydrogen-bond acceptors (Lipinski definition) is 4. The van der Waals surface area contributed by atoms with E-state index in [0.29, 0.717) is 53.0 Å². The first-order chi connectivity index (χ1) is 14.5. The zero-order valence-electron chi connectivity index (χ0n) is 18.3. The summed E-state index contributed by atoms with van der Waals surface area (Å²) < 4.78 is 25.6. The molecule has 7 nitrogen and oxygen atoms in total. The lowest BCUT2D eigenvalue weighted by molar-refractivity contribution is 0.0624. The second-order valence-electron chi connectivity index (χ2n) is 8.56. The molecule has 2 N–H and O–H groups in total. The number of nitrogens with one attached hydrogen (secondary N) is 2. The fourth-order valence-electron chi connectivity index (χ4n) is 4.05. The average molecular weight is 444 g/mol. The topological polar surface area (TPSA) is 95.6 Å². The van der Waals surface area contributed by atoms with Crippen molar-refractivity contribution in [2.45, 2.75) is 27.2 Å². The van der Waals surface area contributed by atoms with Gasteiger partial charge in [0.1, 0.15) is 0 Å². The van der Waals surface area contributed by atoms with Crippen LogP contribution in [0.15, 0.2) is 42.5 Å². The number of piperidine rings is 1. The third kappa shape index (κ3) is 5.85. The Hall–Kier alpha value is -2.87. The van der Waals surface area contributed by atoms with Crippen molar-refractivity contribution >= 4 is 33.2 Å². The summed E-state index contributed by atoms with van der Waals surface area (Å²) >= 11 is 0. The summed E-state index contributed by atoms with van der Waals surface area (Å²) in [6, 6.07) is 11.7. The fourth-order valence-corrected chi connectivity index (χ4v) is 4.66. The molecule has 0 bridgehead atoms. The van der Waals surface area contributed by atoms with Gasteiger partial charge in [-0.15, -0.1) is 0 Å². The van der Waals surface area contributed by atoms with Crippen LogP contribution in [0.5, 0.6) is 0 Å². The highest BCUT2D eigenvalue weighted by Crippen LogP contribution is 2.26. The molecule has 2 atom stereocenters. The molecule has 31 heavy (non-hydrogen) atoms. The van der Waals surface area contributed by atoms with Crippen LogP contribution in [-0.4, -0.2) is 44.5 Å². The van der Waals surface area contributed by atoms with Gasteiger partial charge in [-0.2, -0.15) is 0 Å². The van der Waals surface area contributed by atoms with E-state index < -0.39 is 15.9 Å². The Morgan fingerprint density at radius 1 is 1.00 bits per heavy atom. The molecule has 0 spiro atoms. The highest BCUT2D eigenvalue weighted by molar-refractivity contribution is 7.92. The van der Waals surface area contributed by atoms with Crippen LogP contribution < -0.4 is 10.0 Å². The number of rotatable bonds is 5. The van der Waals surface area contributed by atoms with Gasteiger partial charge in [-0.1, -0.05) is 32.0 Å². The Morgan fingerprint density at radius 3 is 2.29 bits per heavy atom. The van der Waals surface area contributed by atoms with Crippen LogP contribution in [-0.2, 0) is 10.0 Å². The SMILES string of the molecule is Cc1ccc(C(=O)Nc2ccccc2C(=O)N2CC(C)CC(C)C2)cc1NS(C)(=O)=O. The van der Waals surface area contributed by atoms with Crippen molar-refractivity contribution in [3.63, 3.8) is 0 Å². The molecule has 1 heterocycles. The van der Waals surface area contributed by atoms with Gasteiger partial charge in [0.25, 0.3) is 11.8 Å². The molecule has 1 saturated heterocycles. The van der Waals surface area contributed by atoms with Crippen LogP contribution in [0, 0.1) is 18.8 Å². The second kappa shape index (κ2) is 9.09. The molecule has 0 aromatic heterocycles.